The van der Waals surface area contributed by atoms with Crippen molar-refractivity contribution in [1.29, 1.82) is 0 Å². The maximum atomic E-state index is 13.3. The lowest BCUT2D eigenvalue weighted by Crippen LogP contribution is -2.44. The second-order valence-electron chi connectivity index (χ2n) is 6.23. The molecule has 0 saturated carbocycles. The number of nitrogens with zero attached hydrogens (tertiary/aromatic N) is 1. The lowest BCUT2D eigenvalue weighted by atomic mass is 9.67. The molecule has 0 aliphatic carbocycles. The Bertz CT molecular complexity index is 579. The lowest BCUT2D eigenvalue weighted by Gasteiger charge is -2.37. The molecule has 0 aromatic heterocycles. The number of likely N-dealkylation sites (tertiary alicyclic amines) is 1. The van der Waals surface area contributed by atoms with Gasteiger partial charge in [0, 0.05) is 19.5 Å². The quantitative estimate of drug-likeness (QED) is 0.864. The van der Waals surface area contributed by atoms with Gasteiger partial charge in [-0.15, -0.1) is 0 Å². The highest BCUT2D eigenvalue weighted by molar-refractivity contribution is 5.86. The lowest BCUT2D eigenvalue weighted by molar-refractivity contribution is -0.140. The summed E-state index contributed by atoms with van der Waals surface area (Å²) in [5.74, 6) is -0.416. The number of amides is 1. The summed E-state index contributed by atoms with van der Waals surface area (Å²) in [6, 6.07) is 5.68. The van der Waals surface area contributed by atoms with E-state index in [9.17, 15) is 18.0 Å². The first-order valence-electron chi connectivity index (χ1n) is 7.49. The van der Waals surface area contributed by atoms with Crippen LogP contribution in [-0.2, 0) is 11.0 Å². The number of alkyl halides is 3. The summed E-state index contributed by atoms with van der Waals surface area (Å²) in [5.41, 5.74) is -1.04. The summed E-state index contributed by atoms with van der Waals surface area (Å²) in [6.07, 6.45) is -3.21. The molecule has 6 heteroatoms. The van der Waals surface area contributed by atoms with Crippen molar-refractivity contribution in [3.8, 4) is 0 Å². The number of carbonyl (C=O) groups is 1. The first kappa shape index (κ1) is 15.3. The van der Waals surface area contributed by atoms with Crippen LogP contribution in [0, 0.1) is 5.41 Å². The van der Waals surface area contributed by atoms with Gasteiger partial charge in [-0.3, -0.25) is 4.79 Å². The van der Waals surface area contributed by atoms with Gasteiger partial charge in [0.05, 0.1) is 11.0 Å². The molecule has 1 aromatic rings. The van der Waals surface area contributed by atoms with Gasteiger partial charge in [0.1, 0.15) is 0 Å². The van der Waals surface area contributed by atoms with E-state index in [1.165, 1.54) is 12.1 Å². The summed E-state index contributed by atoms with van der Waals surface area (Å²) in [4.78, 5) is 14.2. The molecule has 0 radical (unpaired) electrons. The minimum absolute atomic E-state index is 0.0176. The van der Waals surface area contributed by atoms with Crippen LogP contribution < -0.4 is 5.32 Å². The molecule has 0 bridgehead atoms. The van der Waals surface area contributed by atoms with Gasteiger partial charge in [-0.2, -0.15) is 13.2 Å². The number of nitrogens with one attached hydrogen (secondary N) is 1. The number of likely N-dealkylation sites (N-methyl/N-ethyl adjacent to an activating group) is 1. The maximum Gasteiger partial charge on any atom is 0.416 e. The van der Waals surface area contributed by atoms with E-state index in [1.54, 1.807) is 18.0 Å². The Hall–Kier alpha value is -1.56. The number of hydrogen-bond donors (Lipinski definition) is 1. The molecule has 22 heavy (non-hydrogen) atoms. The molecule has 3 rings (SSSR count). The van der Waals surface area contributed by atoms with Gasteiger partial charge in [-0.05, 0) is 37.6 Å². The van der Waals surface area contributed by atoms with Crippen molar-refractivity contribution in [2.24, 2.45) is 5.41 Å². The van der Waals surface area contributed by atoms with Gasteiger partial charge in [0.15, 0.2) is 0 Å². The minimum Gasteiger partial charge on any atom is -0.345 e. The molecule has 120 valence electrons. The number of hydrogen-bond acceptors (Lipinski definition) is 2. The van der Waals surface area contributed by atoms with Crippen molar-refractivity contribution in [2.75, 3.05) is 26.7 Å². The van der Waals surface area contributed by atoms with Crippen molar-refractivity contribution < 1.29 is 18.0 Å². The van der Waals surface area contributed by atoms with Crippen LogP contribution in [0.25, 0.3) is 0 Å². The zero-order valence-electron chi connectivity index (χ0n) is 12.4. The molecule has 3 nitrogen and oxygen atoms in total. The fraction of sp³-hybridized carbons (Fsp3) is 0.562. The molecular formula is C16H19F3N2O. The predicted octanol–water partition coefficient (Wildman–Crippen LogP) is 2.63. The van der Waals surface area contributed by atoms with Crippen LogP contribution in [0.4, 0.5) is 13.2 Å². The van der Waals surface area contributed by atoms with Crippen LogP contribution in [0.2, 0.25) is 0 Å². The third-order valence-corrected chi connectivity index (χ3v) is 5.03. The van der Waals surface area contributed by atoms with Crippen LogP contribution in [-0.4, -0.2) is 37.5 Å². The molecule has 2 aliphatic rings. The number of rotatable bonds is 1. The Morgan fingerprint density at radius 1 is 1.23 bits per heavy atom. The van der Waals surface area contributed by atoms with E-state index in [0.717, 1.165) is 6.07 Å². The molecule has 1 spiro atoms. The average molecular weight is 312 g/mol. The van der Waals surface area contributed by atoms with Gasteiger partial charge in [-0.1, -0.05) is 18.2 Å². The Morgan fingerprint density at radius 2 is 1.86 bits per heavy atom. The van der Waals surface area contributed by atoms with E-state index >= 15 is 0 Å². The van der Waals surface area contributed by atoms with Crippen LogP contribution in [0.5, 0.6) is 0 Å². The first-order chi connectivity index (χ1) is 10.4. The highest BCUT2D eigenvalue weighted by atomic mass is 19.4. The molecule has 1 unspecified atom stereocenters. The number of piperidine rings is 1. The van der Waals surface area contributed by atoms with Crippen molar-refractivity contribution >= 4 is 5.91 Å². The molecule has 1 amide bonds. The van der Waals surface area contributed by atoms with E-state index < -0.39 is 23.1 Å². The zero-order chi connectivity index (χ0) is 16.0. The van der Waals surface area contributed by atoms with E-state index in [4.69, 9.17) is 0 Å². The highest BCUT2D eigenvalue weighted by Gasteiger charge is 2.54. The molecule has 2 saturated heterocycles. The normalized spacial score (nSPS) is 25.0. The summed E-state index contributed by atoms with van der Waals surface area (Å²) in [6.45, 7) is 1.69. The molecule has 1 aromatic carbocycles. The van der Waals surface area contributed by atoms with Crippen LogP contribution in [0.1, 0.15) is 29.9 Å². The molecule has 1 N–H and O–H groups in total. The molecule has 2 aliphatic heterocycles. The standard InChI is InChI=1S/C16H19F3N2O/c1-21-10-13(15(14(21)22)6-8-20-9-7-15)11-4-2-3-5-12(11)16(17,18)19/h2-5,13,20H,6-10H2,1H3. The van der Waals surface area contributed by atoms with Crippen molar-refractivity contribution in [2.45, 2.75) is 24.9 Å². The van der Waals surface area contributed by atoms with Crippen LogP contribution >= 0.6 is 0 Å². The number of benzene rings is 1. The number of halogens is 3. The van der Waals surface area contributed by atoms with E-state index in [0.29, 0.717) is 32.5 Å². The third-order valence-electron chi connectivity index (χ3n) is 5.03. The largest absolute Gasteiger partial charge is 0.416 e. The zero-order valence-corrected chi connectivity index (χ0v) is 12.4. The Labute approximate surface area is 127 Å². The van der Waals surface area contributed by atoms with Crippen molar-refractivity contribution in [3.63, 3.8) is 0 Å². The van der Waals surface area contributed by atoms with Crippen LogP contribution in [0.3, 0.4) is 0 Å². The maximum absolute atomic E-state index is 13.3. The fourth-order valence-corrected chi connectivity index (χ4v) is 3.95. The first-order valence-corrected chi connectivity index (χ1v) is 7.49. The van der Waals surface area contributed by atoms with Crippen LogP contribution in [0.15, 0.2) is 24.3 Å². The van der Waals surface area contributed by atoms with E-state index in [1.807, 2.05) is 0 Å². The van der Waals surface area contributed by atoms with E-state index in [-0.39, 0.29) is 11.5 Å². The topological polar surface area (TPSA) is 32.3 Å². The summed E-state index contributed by atoms with van der Waals surface area (Å²) in [5, 5.41) is 3.20. The summed E-state index contributed by atoms with van der Waals surface area (Å²) in [7, 11) is 1.68. The monoisotopic (exact) mass is 312 g/mol. The summed E-state index contributed by atoms with van der Waals surface area (Å²) >= 11 is 0. The van der Waals surface area contributed by atoms with Gasteiger partial charge < -0.3 is 10.2 Å². The predicted molar refractivity (Wildman–Crippen MR) is 76.4 cm³/mol. The molecule has 2 heterocycles. The van der Waals surface area contributed by atoms with Gasteiger partial charge >= 0.3 is 6.18 Å². The van der Waals surface area contributed by atoms with Gasteiger partial charge in [-0.25, -0.2) is 0 Å². The molecule has 1 atom stereocenters. The molecular weight excluding hydrogens is 293 g/mol. The Morgan fingerprint density at radius 3 is 2.50 bits per heavy atom. The highest BCUT2D eigenvalue weighted by Crippen LogP contribution is 2.51. The third kappa shape index (κ3) is 2.29. The van der Waals surface area contributed by atoms with Crippen molar-refractivity contribution in [3.05, 3.63) is 35.4 Å². The average Bonchev–Trinajstić information content (AvgIpc) is 2.73. The van der Waals surface area contributed by atoms with Gasteiger partial charge in [0.2, 0.25) is 5.91 Å². The minimum atomic E-state index is -4.39. The smallest absolute Gasteiger partial charge is 0.345 e. The van der Waals surface area contributed by atoms with Gasteiger partial charge in [0.25, 0.3) is 0 Å². The second-order valence-corrected chi connectivity index (χ2v) is 6.23. The fourth-order valence-electron chi connectivity index (χ4n) is 3.95. The van der Waals surface area contributed by atoms with E-state index in [2.05, 4.69) is 5.32 Å². The summed E-state index contributed by atoms with van der Waals surface area (Å²) < 4.78 is 40.0. The second kappa shape index (κ2) is 5.26. The molecule has 2 fully saturated rings. The Kier molecular flexibility index (Phi) is 3.67. The SMILES string of the molecule is CN1CC(c2ccccc2C(F)(F)F)C2(CCNCC2)C1=O. The van der Waals surface area contributed by atoms with Crippen molar-refractivity contribution in [1.82, 2.24) is 10.2 Å². The Balaban J connectivity index is 2.09. The number of carbonyl (C=O) groups excluding carboxylic acids is 1.